The molecule has 1 aromatic rings. The molecule has 0 spiro atoms. The van der Waals surface area contributed by atoms with E-state index in [1.807, 2.05) is 0 Å². The van der Waals surface area contributed by atoms with E-state index in [1.165, 1.54) is 12.1 Å². The second-order valence-electron chi connectivity index (χ2n) is 6.06. The zero-order chi connectivity index (χ0) is 16.4. The molecule has 1 N–H and O–H groups in total. The van der Waals surface area contributed by atoms with Gasteiger partial charge in [0.2, 0.25) is 0 Å². The van der Waals surface area contributed by atoms with Crippen LogP contribution in [0, 0.1) is 11.3 Å². The molecule has 4 nitrogen and oxygen atoms in total. The first kappa shape index (κ1) is 18.5. The molecule has 0 aliphatic heterocycles. The quantitative estimate of drug-likeness (QED) is 0.788. The summed E-state index contributed by atoms with van der Waals surface area (Å²) >= 11 is 3.11. The average Bonchev–Trinajstić information content (AvgIpc) is 2.33. The van der Waals surface area contributed by atoms with Crippen LogP contribution in [0.25, 0.3) is 0 Å². The fourth-order valence-electron chi connectivity index (χ4n) is 1.49. The summed E-state index contributed by atoms with van der Waals surface area (Å²) in [6.07, 6.45) is 0. The lowest BCUT2D eigenvalue weighted by Gasteiger charge is -2.27. The number of rotatable bonds is 4. The summed E-state index contributed by atoms with van der Waals surface area (Å²) in [6.45, 7) is 8.86. The van der Waals surface area contributed by atoms with Crippen LogP contribution in [0.15, 0.2) is 27.6 Å². The van der Waals surface area contributed by atoms with Crippen LogP contribution in [0.2, 0.25) is 0 Å². The molecule has 0 radical (unpaired) electrons. The van der Waals surface area contributed by atoms with Crippen molar-refractivity contribution in [3.05, 3.63) is 28.2 Å². The minimum atomic E-state index is -3.90. The Morgan fingerprint density at radius 1 is 1.38 bits per heavy atom. The third-order valence-electron chi connectivity index (χ3n) is 3.50. The number of carbonyl (C=O) groups excluding carboxylic acids is 1. The van der Waals surface area contributed by atoms with Crippen LogP contribution in [0.3, 0.4) is 0 Å². The van der Waals surface area contributed by atoms with Gasteiger partial charge in [0.1, 0.15) is 0 Å². The zero-order valence-electron chi connectivity index (χ0n) is 12.4. The fraction of sp³-hybridized carbons (Fsp3) is 0.500. The lowest BCUT2D eigenvalue weighted by atomic mass is 9.82. The van der Waals surface area contributed by atoms with Gasteiger partial charge >= 0.3 is 0 Å². The lowest BCUT2D eigenvalue weighted by Crippen LogP contribution is -2.33. The van der Waals surface area contributed by atoms with Crippen molar-refractivity contribution in [3.8, 4) is 0 Å². The molecule has 7 heteroatoms. The summed E-state index contributed by atoms with van der Waals surface area (Å²) in [6, 6.07) is 4.31. The van der Waals surface area contributed by atoms with Crippen molar-refractivity contribution in [1.29, 1.82) is 0 Å². The van der Waals surface area contributed by atoms with E-state index in [4.69, 9.17) is 10.7 Å². The maximum absolute atomic E-state index is 12.1. The van der Waals surface area contributed by atoms with E-state index in [1.54, 1.807) is 6.07 Å². The first-order chi connectivity index (χ1) is 9.43. The van der Waals surface area contributed by atoms with E-state index in [-0.39, 0.29) is 27.7 Å². The van der Waals surface area contributed by atoms with Crippen molar-refractivity contribution in [2.45, 2.75) is 32.6 Å². The van der Waals surface area contributed by atoms with Crippen LogP contribution < -0.4 is 5.32 Å². The zero-order valence-corrected chi connectivity index (χ0v) is 15.6. The summed E-state index contributed by atoms with van der Waals surface area (Å²) in [5.74, 6) is -0.0340. The van der Waals surface area contributed by atoms with E-state index in [9.17, 15) is 13.2 Å². The summed E-state index contributed by atoms with van der Waals surface area (Å²) in [4.78, 5) is 12.0. The van der Waals surface area contributed by atoms with E-state index in [2.05, 4.69) is 48.9 Å². The highest BCUT2D eigenvalue weighted by Crippen LogP contribution is 2.27. The van der Waals surface area contributed by atoms with E-state index < -0.39 is 9.05 Å². The fourth-order valence-corrected chi connectivity index (χ4v) is 3.60. The second kappa shape index (κ2) is 6.67. The lowest BCUT2D eigenvalue weighted by molar-refractivity contribution is 0.0937. The predicted octanol–water partition coefficient (Wildman–Crippen LogP) is 3.79. The van der Waals surface area contributed by atoms with Crippen molar-refractivity contribution in [2.24, 2.45) is 11.3 Å². The highest BCUT2D eigenvalue weighted by Gasteiger charge is 2.21. The van der Waals surface area contributed by atoms with Crippen LogP contribution in [0.5, 0.6) is 0 Å². The van der Waals surface area contributed by atoms with Crippen molar-refractivity contribution in [2.75, 3.05) is 6.54 Å². The van der Waals surface area contributed by atoms with Gasteiger partial charge in [-0.25, -0.2) is 8.42 Å². The van der Waals surface area contributed by atoms with E-state index in [0.717, 1.165) is 0 Å². The summed E-state index contributed by atoms with van der Waals surface area (Å²) in [5.41, 5.74) is 0.344. The van der Waals surface area contributed by atoms with Gasteiger partial charge in [0.05, 0.1) is 4.90 Å². The molecule has 1 amide bonds. The Morgan fingerprint density at radius 2 is 1.95 bits per heavy atom. The molecule has 118 valence electrons. The van der Waals surface area contributed by atoms with Gasteiger partial charge in [-0.15, -0.1) is 0 Å². The number of hydrogen-bond donors (Lipinski definition) is 1. The van der Waals surface area contributed by atoms with E-state index in [0.29, 0.717) is 11.0 Å². The van der Waals surface area contributed by atoms with Crippen molar-refractivity contribution in [3.63, 3.8) is 0 Å². The first-order valence-corrected chi connectivity index (χ1v) is 9.55. The molecular formula is C14H19BrClNO3S. The third-order valence-corrected chi connectivity index (χ3v) is 5.82. The van der Waals surface area contributed by atoms with Crippen LogP contribution in [0.1, 0.15) is 38.1 Å². The number of hydrogen-bond acceptors (Lipinski definition) is 3. The van der Waals surface area contributed by atoms with Crippen molar-refractivity contribution >= 4 is 41.6 Å². The Morgan fingerprint density at radius 3 is 2.43 bits per heavy atom. The molecule has 0 aromatic heterocycles. The molecule has 0 saturated heterocycles. The normalized spacial score (nSPS) is 13.8. The van der Waals surface area contributed by atoms with Gasteiger partial charge < -0.3 is 5.32 Å². The second-order valence-corrected chi connectivity index (χ2v) is 9.45. The molecule has 21 heavy (non-hydrogen) atoms. The highest BCUT2D eigenvalue weighted by molar-refractivity contribution is 9.10. The molecule has 0 aliphatic rings. The number of nitrogens with one attached hydrogen (secondary N) is 1. The monoisotopic (exact) mass is 395 g/mol. The summed E-state index contributed by atoms with van der Waals surface area (Å²) in [5, 5.41) is 2.81. The van der Waals surface area contributed by atoms with Gasteiger partial charge in [-0.2, -0.15) is 0 Å². The highest BCUT2D eigenvalue weighted by atomic mass is 79.9. The largest absolute Gasteiger partial charge is 0.352 e. The molecule has 1 aromatic carbocycles. The molecule has 0 bridgehead atoms. The molecule has 1 atom stereocenters. The Bertz CT molecular complexity index is 638. The molecule has 0 saturated carbocycles. The van der Waals surface area contributed by atoms with Crippen LogP contribution in [-0.4, -0.2) is 20.9 Å². The summed E-state index contributed by atoms with van der Waals surface area (Å²) in [7, 11) is 1.44. The Kier molecular flexibility index (Phi) is 5.86. The Balaban J connectivity index is 2.90. The molecule has 0 aliphatic carbocycles. The number of carbonyl (C=O) groups is 1. The van der Waals surface area contributed by atoms with Gasteiger partial charge in [-0.1, -0.05) is 27.7 Å². The SMILES string of the molecule is CC(CNC(=O)c1ccc(Br)c(S(=O)(=O)Cl)c1)C(C)(C)C. The molecule has 1 rings (SSSR count). The number of halogens is 2. The average molecular weight is 397 g/mol. The van der Waals surface area contributed by atoms with E-state index >= 15 is 0 Å². The van der Waals surface area contributed by atoms with Gasteiger partial charge in [0.15, 0.2) is 0 Å². The Hall–Kier alpha value is -0.590. The number of benzene rings is 1. The topological polar surface area (TPSA) is 63.2 Å². The molecule has 0 fully saturated rings. The summed E-state index contributed by atoms with van der Waals surface area (Å²) < 4.78 is 23.2. The van der Waals surface area contributed by atoms with Crippen LogP contribution in [-0.2, 0) is 9.05 Å². The molecule has 1 unspecified atom stereocenters. The smallest absolute Gasteiger partial charge is 0.262 e. The minimum absolute atomic E-state index is 0.0810. The number of amides is 1. The van der Waals surface area contributed by atoms with Crippen LogP contribution >= 0.6 is 26.6 Å². The maximum atomic E-state index is 12.1. The van der Waals surface area contributed by atoms with Gasteiger partial charge in [-0.05, 0) is 45.5 Å². The van der Waals surface area contributed by atoms with Gasteiger partial charge in [0.25, 0.3) is 15.0 Å². The van der Waals surface area contributed by atoms with Gasteiger partial charge in [-0.3, -0.25) is 4.79 Å². The standard InChI is InChI=1S/C14H19BrClNO3S/c1-9(14(2,3)4)8-17-13(18)10-5-6-11(15)12(7-10)21(16,19)20/h5-7,9H,8H2,1-4H3,(H,17,18). The van der Waals surface area contributed by atoms with Gasteiger partial charge in [0, 0.05) is 27.3 Å². The first-order valence-electron chi connectivity index (χ1n) is 6.45. The molecule has 0 heterocycles. The third kappa shape index (κ3) is 5.27. The Labute approximate surface area is 138 Å². The minimum Gasteiger partial charge on any atom is -0.352 e. The van der Waals surface area contributed by atoms with Crippen molar-refractivity contribution < 1.29 is 13.2 Å². The predicted molar refractivity (Wildman–Crippen MR) is 88.1 cm³/mol. The van der Waals surface area contributed by atoms with Crippen molar-refractivity contribution in [1.82, 2.24) is 5.32 Å². The van der Waals surface area contributed by atoms with Crippen LogP contribution in [0.4, 0.5) is 0 Å². The maximum Gasteiger partial charge on any atom is 0.262 e. The molecular weight excluding hydrogens is 378 g/mol.